The van der Waals surface area contributed by atoms with E-state index >= 15 is 0 Å². The third-order valence-electron chi connectivity index (χ3n) is 7.35. The van der Waals surface area contributed by atoms with E-state index in [1.807, 2.05) is 6.92 Å². The lowest BCUT2D eigenvalue weighted by atomic mass is 10.1. The second kappa shape index (κ2) is 13.2. The summed E-state index contributed by atoms with van der Waals surface area (Å²) in [5, 5.41) is 0.540. The van der Waals surface area contributed by atoms with E-state index in [-0.39, 0.29) is 34.9 Å². The minimum Gasteiger partial charge on any atom is -0.497 e. The zero-order valence-electron chi connectivity index (χ0n) is 25.1. The molecule has 0 bridgehead atoms. The molecule has 1 aliphatic rings. The number of anilines is 1. The molecular formula is C34H31ClN2O7S. The Morgan fingerprint density at radius 1 is 0.911 bits per heavy atom. The highest BCUT2D eigenvalue weighted by Gasteiger charge is 2.38. The van der Waals surface area contributed by atoms with E-state index in [9.17, 15) is 18.0 Å². The smallest absolute Gasteiger partial charge is 0.340 e. The number of carbonyl (C=O) groups is 2. The highest BCUT2D eigenvalue weighted by atomic mass is 35.5. The van der Waals surface area contributed by atoms with Gasteiger partial charge in [-0.3, -0.25) is 9.69 Å². The van der Waals surface area contributed by atoms with Gasteiger partial charge < -0.3 is 13.9 Å². The van der Waals surface area contributed by atoms with Crippen molar-refractivity contribution in [1.29, 1.82) is 0 Å². The third kappa shape index (κ3) is 6.73. The summed E-state index contributed by atoms with van der Waals surface area (Å²) in [6, 6.07) is 23.7. The van der Waals surface area contributed by atoms with Crippen molar-refractivity contribution in [1.82, 2.24) is 4.31 Å². The lowest BCUT2D eigenvalue weighted by Gasteiger charge is -2.21. The number of carbonyl (C=O) groups excluding carboxylic acids is 2. The number of nitrogens with zero attached hydrogens (tertiary/aromatic N) is 2. The number of aryl methyl sites for hydroxylation is 1. The number of ether oxygens (including phenoxy) is 2. The first kappa shape index (κ1) is 31.8. The maximum absolute atomic E-state index is 13.8. The predicted octanol–water partition coefficient (Wildman–Crippen LogP) is 6.52. The van der Waals surface area contributed by atoms with Crippen LogP contribution in [-0.4, -0.2) is 38.8 Å². The lowest BCUT2D eigenvalue weighted by molar-refractivity contribution is -0.136. The topological polar surface area (TPSA) is 106 Å². The molecular weight excluding hydrogens is 616 g/mol. The number of esters is 1. The molecule has 5 rings (SSSR count). The highest BCUT2D eigenvalue weighted by molar-refractivity contribution is 7.89. The van der Waals surface area contributed by atoms with Crippen molar-refractivity contribution in [2.75, 3.05) is 19.1 Å². The van der Waals surface area contributed by atoms with Crippen LogP contribution in [0.1, 0.15) is 29.6 Å². The third-order valence-corrected chi connectivity index (χ3v) is 9.41. The number of amides is 1. The van der Waals surface area contributed by atoms with Gasteiger partial charge in [0.15, 0.2) is 0 Å². The largest absolute Gasteiger partial charge is 0.497 e. The molecule has 0 spiro atoms. The number of benzene rings is 3. The van der Waals surface area contributed by atoms with Crippen molar-refractivity contribution in [2.24, 2.45) is 0 Å². The Morgan fingerprint density at radius 2 is 1.58 bits per heavy atom. The van der Waals surface area contributed by atoms with Crippen LogP contribution in [-0.2, 0) is 37.4 Å². The van der Waals surface area contributed by atoms with Crippen LogP contribution in [0.5, 0.6) is 5.75 Å². The number of methoxy groups -OCH3 is 2. The Labute approximate surface area is 267 Å². The fourth-order valence-corrected chi connectivity index (χ4v) is 6.49. The minimum absolute atomic E-state index is 0.0637. The van der Waals surface area contributed by atoms with Gasteiger partial charge in [0, 0.05) is 23.0 Å². The first-order chi connectivity index (χ1) is 21.5. The van der Waals surface area contributed by atoms with E-state index in [2.05, 4.69) is 0 Å². The van der Waals surface area contributed by atoms with E-state index in [1.165, 1.54) is 22.4 Å². The molecule has 0 N–H and O–H groups in total. The normalized spacial score (nSPS) is 14.5. The number of allylic oxidation sites excluding steroid dienone is 1. The molecule has 1 aliphatic heterocycles. The molecule has 1 amide bonds. The van der Waals surface area contributed by atoms with E-state index in [0.29, 0.717) is 27.9 Å². The monoisotopic (exact) mass is 646 g/mol. The van der Waals surface area contributed by atoms with Crippen molar-refractivity contribution in [2.45, 2.75) is 31.8 Å². The van der Waals surface area contributed by atoms with Crippen LogP contribution in [0.2, 0.25) is 5.02 Å². The predicted molar refractivity (Wildman–Crippen MR) is 171 cm³/mol. The van der Waals surface area contributed by atoms with Gasteiger partial charge >= 0.3 is 5.97 Å². The lowest BCUT2D eigenvalue weighted by Crippen LogP contribution is -2.30. The van der Waals surface area contributed by atoms with Gasteiger partial charge in [-0.25, -0.2) is 13.2 Å². The van der Waals surface area contributed by atoms with Crippen molar-refractivity contribution in [3.8, 4) is 5.75 Å². The molecule has 0 saturated heterocycles. The standard InChI is InChI=1S/C34H31ClN2O7S/c1-22-5-17-30(18-6-22)45(40,41)36(20-24-7-9-25(35)10-8-24)21-29-16-15-28(44-29)19-31-32(34(39)43-4)23(2)37(33(31)38)26-11-13-27(42-3)14-12-26/h5-19H,20-21H2,1-4H3/b31-19+. The van der Waals surface area contributed by atoms with Crippen LogP contribution >= 0.6 is 11.6 Å². The molecule has 0 fully saturated rings. The van der Waals surface area contributed by atoms with Gasteiger partial charge in [0.25, 0.3) is 5.91 Å². The van der Waals surface area contributed by atoms with Crippen LogP contribution in [0.3, 0.4) is 0 Å². The van der Waals surface area contributed by atoms with Gasteiger partial charge in [-0.2, -0.15) is 4.31 Å². The van der Waals surface area contributed by atoms with Gasteiger partial charge in [-0.15, -0.1) is 0 Å². The molecule has 0 saturated carbocycles. The summed E-state index contributed by atoms with van der Waals surface area (Å²) in [6.07, 6.45) is 1.46. The highest BCUT2D eigenvalue weighted by Crippen LogP contribution is 2.36. The first-order valence-electron chi connectivity index (χ1n) is 13.9. The maximum Gasteiger partial charge on any atom is 0.340 e. The second-order valence-electron chi connectivity index (χ2n) is 10.4. The second-order valence-corrected chi connectivity index (χ2v) is 12.7. The van der Waals surface area contributed by atoms with Gasteiger partial charge in [-0.1, -0.05) is 41.4 Å². The molecule has 45 heavy (non-hydrogen) atoms. The van der Waals surface area contributed by atoms with E-state index in [4.69, 9.17) is 25.5 Å². The molecule has 0 aliphatic carbocycles. The summed E-state index contributed by atoms with van der Waals surface area (Å²) in [5.41, 5.74) is 2.80. The van der Waals surface area contributed by atoms with Gasteiger partial charge in [-0.05, 0) is 86.2 Å². The Hall–Kier alpha value is -4.64. The van der Waals surface area contributed by atoms with Crippen LogP contribution in [0.4, 0.5) is 5.69 Å². The fourth-order valence-electron chi connectivity index (χ4n) is 4.97. The molecule has 1 aromatic heterocycles. The van der Waals surface area contributed by atoms with Crippen LogP contribution in [0.25, 0.3) is 6.08 Å². The zero-order chi connectivity index (χ0) is 32.3. The number of hydrogen-bond acceptors (Lipinski definition) is 7. The number of sulfonamides is 1. The molecule has 0 unspecified atom stereocenters. The number of rotatable bonds is 10. The average molecular weight is 647 g/mol. The molecule has 9 nitrogen and oxygen atoms in total. The summed E-state index contributed by atoms with van der Waals surface area (Å²) < 4.78 is 45.1. The van der Waals surface area contributed by atoms with Gasteiger partial charge in [0.05, 0.1) is 36.8 Å². The van der Waals surface area contributed by atoms with E-state index < -0.39 is 21.9 Å². The SMILES string of the molecule is COC(=O)C1=C(C)N(c2ccc(OC)cc2)C(=O)/C1=C/c1ccc(CN(Cc2ccc(Cl)cc2)S(=O)(=O)c2ccc(C)cc2)o1. The Balaban J connectivity index is 1.47. The van der Waals surface area contributed by atoms with Crippen molar-refractivity contribution in [3.05, 3.63) is 129 Å². The number of hydrogen-bond donors (Lipinski definition) is 0. The van der Waals surface area contributed by atoms with Crippen LogP contribution in [0, 0.1) is 6.92 Å². The van der Waals surface area contributed by atoms with Crippen molar-refractivity contribution in [3.63, 3.8) is 0 Å². The molecule has 0 radical (unpaired) electrons. The van der Waals surface area contributed by atoms with Crippen molar-refractivity contribution < 1.29 is 31.9 Å². The Kier molecular flexibility index (Phi) is 9.29. The summed E-state index contributed by atoms with van der Waals surface area (Å²) >= 11 is 6.05. The van der Waals surface area contributed by atoms with Crippen molar-refractivity contribution >= 4 is 45.3 Å². The Morgan fingerprint density at radius 3 is 2.20 bits per heavy atom. The summed E-state index contributed by atoms with van der Waals surface area (Å²) in [7, 11) is -1.14. The molecule has 0 atom stereocenters. The van der Waals surface area contributed by atoms with E-state index in [1.54, 1.807) is 99.0 Å². The zero-order valence-corrected chi connectivity index (χ0v) is 26.7. The van der Waals surface area contributed by atoms with Gasteiger partial charge in [0.1, 0.15) is 17.3 Å². The summed E-state index contributed by atoms with van der Waals surface area (Å²) in [5.74, 6) is 0.103. The number of halogens is 1. The number of furan rings is 1. The van der Waals surface area contributed by atoms with E-state index in [0.717, 1.165) is 11.1 Å². The summed E-state index contributed by atoms with van der Waals surface area (Å²) in [6.45, 7) is 3.52. The maximum atomic E-state index is 13.8. The fraction of sp³-hybridized carbons (Fsp3) is 0.176. The van der Waals surface area contributed by atoms with Crippen LogP contribution in [0.15, 0.2) is 111 Å². The van der Waals surface area contributed by atoms with Gasteiger partial charge in [0.2, 0.25) is 10.0 Å². The average Bonchev–Trinajstić information content (AvgIpc) is 3.58. The molecule has 2 heterocycles. The molecule has 232 valence electrons. The van der Waals surface area contributed by atoms with Crippen LogP contribution < -0.4 is 9.64 Å². The Bertz CT molecular complexity index is 1890. The summed E-state index contributed by atoms with van der Waals surface area (Å²) in [4.78, 5) is 28.1. The molecule has 11 heteroatoms. The first-order valence-corrected chi connectivity index (χ1v) is 15.7. The minimum atomic E-state index is -3.93. The molecule has 3 aromatic carbocycles. The quantitative estimate of drug-likeness (QED) is 0.143. The molecule has 4 aromatic rings.